The number of benzene rings is 3. The van der Waals surface area contributed by atoms with Crippen molar-refractivity contribution < 1.29 is 24.2 Å². The predicted molar refractivity (Wildman–Crippen MR) is 100.0 cm³/mol. The van der Waals surface area contributed by atoms with Crippen molar-refractivity contribution in [3.05, 3.63) is 84.4 Å². The van der Waals surface area contributed by atoms with Gasteiger partial charge in [-0.05, 0) is 36.4 Å². The van der Waals surface area contributed by atoms with E-state index in [-0.39, 0.29) is 11.3 Å². The van der Waals surface area contributed by atoms with Crippen LogP contribution in [-0.2, 0) is 9.53 Å². The molecule has 3 rings (SSSR count). The Labute approximate surface area is 156 Å². The van der Waals surface area contributed by atoms with E-state index in [9.17, 15) is 14.7 Å². The van der Waals surface area contributed by atoms with Gasteiger partial charge in [-0.25, -0.2) is 4.79 Å². The van der Waals surface area contributed by atoms with Crippen LogP contribution in [0.25, 0.3) is 0 Å². The van der Waals surface area contributed by atoms with Gasteiger partial charge >= 0.3 is 5.97 Å². The molecule has 0 aromatic heterocycles. The van der Waals surface area contributed by atoms with E-state index in [4.69, 9.17) is 9.47 Å². The van der Waals surface area contributed by atoms with Crippen LogP contribution in [0, 0.1) is 0 Å². The molecule has 0 unspecified atom stereocenters. The number of aromatic hydroxyl groups is 1. The number of rotatable bonds is 6. The number of phenolic OH excluding ortho intramolecular Hbond substituents is 1. The summed E-state index contributed by atoms with van der Waals surface area (Å²) >= 11 is 0. The van der Waals surface area contributed by atoms with Crippen molar-refractivity contribution in [1.82, 2.24) is 0 Å². The second-order valence-electron chi connectivity index (χ2n) is 5.55. The fraction of sp³-hybridized carbons (Fsp3) is 0.0476. The SMILES string of the molecule is O=C(COC(=O)c1ccccc1O)Nc1ccccc1Oc1ccccc1. The maximum atomic E-state index is 12.1. The number of anilines is 1. The van der Waals surface area contributed by atoms with Crippen molar-refractivity contribution in [2.75, 3.05) is 11.9 Å². The zero-order chi connectivity index (χ0) is 19.1. The summed E-state index contributed by atoms with van der Waals surface area (Å²) in [5, 5.41) is 12.3. The molecule has 3 aromatic rings. The first-order valence-corrected chi connectivity index (χ1v) is 8.20. The number of hydrogen-bond donors (Lipinski definition) is 2. The molecule has 2 N–H and O–H groups in total. The number of phenols is 1. The third-order valence-electron chi connectivity index (χ3n) is 3.59. The quantitative estimate of drug-likeness (QED) is 0.647. The van der Waals surface area contributed by atoms with Gasteiger partial charge < -0.3 is 19.9 Å². The van der Waals surface area contributed by atoms with Gasteiger partial charge in [0, 0.05) is 0 Å². The Morgan fingerprint density at radius 1 is 0.852 bits per heavy atom. The molecule has 136 valence electrons. The van der Waals surface area contributed by atoms with Crippen molar-refractivity contribution in [3.8, 4) is 17.2 Å². The standard InChI is InChI=1S/C21H17NO5/c23-18-12-6-4-10-16(18)21(25)26-14-20(24)22-17-11-5-7-13-19(17)27-15-8-2-1-3-9-15/h1-13,23H,14H2,(H,22,24). The molecule has 0 saturated heterocycles. The highest BCUT2D eigenvalue weighted by atomic mass is 16.5. The van der Waals surface area contributed by atoms with Crippen molar-refractivity contribution >= 4 is 17.6 Å². The third-order valence-corrected chi connectivity index (χ3v) is 3.59. The smallest absolute Gasteiger partial charge is 0.342 e. The summed E-state index contributed by atoms with van der Waals surface area (Å²) in [5.74, 6) is -0.418. The number of hydrogen-bond acceptors (Lipinski definition) is 5. The number of amides is 1. The molecule has 1 amide bonds. The summed E-state index contributed by atoms with van der Waals surface area (Å²) in [6.45, 7) is -0.493. The van der Waals surface area contributed by atoms with E-state index in [0.717, 1.165) is 0 Å². The molecule has 0 aliphatic carbocycles. The average molecular weight is 363 g/mol. The minimum Gasteiger partial charge on any atom is -0.507 e. The predicted octanol–water partition coefficient (Wildman–Crippen LogP) is 3.98. The Hall–Kier alpha value is -3.80. The lowest BCUT2D eigenvalue weighted by Crippen LogP contribution is -2.21. The van der Waals surface area contributed by atoms with Crippen LogP contribution in [0.4, 0.5) is 5.69 Å². The van der Waals surface area contributed by atoms with Gasteiger partial charge in [0.1, 0.15) is 17.1 Å². The highest BCUT2D eigenvalue weighted by Crippen LogP contribution is 2.29. The van der Waals surface area contributed by atoms with Gasteiger partial charge in [-0.15, -0.1) is 0 Å². The van der Waals surface area contributed by atoms with Crippen LogP contribution in [-0.4, -0.2) is 23.6 Å². The van der Waals surface area contributed by atoms with E-state index in [1.54, 1.807) is 48.5 Å². The van der Waals surface area contributed by atoms with Crippen LogP contribution in [0.2, 0.25) is 0 Å². The zero-order valence-electron chi connectivity index (χ0n) is 14.3. The fourth-order valence-corrected chi connectivity index (χ4v) is 2.32. The van der Waals surface area contributed by atoms with Crippen LogP contribution in [0.1, 0.15) is 10.4 Å². The molecule has 0 bridgehead atoms. The van der Waals surface area contributed by atoms with Crippen molar-refractivity contribution in [2.45, 2.75) is 0 Å². The third kappa shape index (κ3) is 4.85. The normalized spacial score (nSPS) is 10.1. The summed E-state index contributed by atoms with van der Waals surface area (Å²) in [6.07, 6.45) is 0. The van der Waals surface area contributed by atoms with Gasteiger partial charge in [0.15, 0.2) is 12.4 Å². The second kappa shape index (κ2) is 8.53. The van der Waals surface area contributed by atoms with Crippen molar-refractivity contribution in [3.63, 3.8) is 0 Å². The lowest BCUT2D eigenvalue weighted by molar-refractivity contribution is -0.119. The Morgan fingerprint density at radius 2 is 1.52 bits per heavy atom. The Balaban J connectivity index is 1.61. The molecule has 0 saturated carbocycles. The Bertz CT molecular complexity index is 940. The largest absolute Gasteiger partial charge is 0.507 e. The zero-order valence-corrected chi connectivity index (χ0v) is 14.3. The van der Waals surface area contributed by atoms with Crippen LogP contribution in [0.15, 0.2) is 78.9 Å². The van der Waals surface area contributed by atoms with Crippen LogP contribution in [0.3, 0.4) is 0 Å². The molecule has 27 heavy (non-hydrogen) atoms. The van der Waals surface area contributed by atoms with Crippen LogP contribution >= 0.6 is 0 Å². The first-order valence-electron chi connectivity index (χ1n) is 8.20. The second-order valence-corrected chi connectivity index (χ2v) is 5.55. The van der Waals surface area contributed by atoms with Gasteiger partial charge in [0.05, 0.1) is 5.69 Å². The van der Waals surface area contributed by atoms with E-state index < -0.39 is 18.5 Å². The summed E-state index contributed by atoms with van der Waals surface area (Å²) in [7, 11) is 0. The molecule has 0 fully saturated rings. The number of carbonyl (C=O) groups excluding carboxylic acids is 2. The maximum Gasteiger partial charge on any atom is 0.342 e. The van der Waals surface area contributed by atoms with E-state index in [1.165, 1.54) is 12.1 Å². The Kier molecular flexibility index (Phi) is 5.69. The molecule has 6 nitrogen and oxygen atoms in total. The average Bonchev–Trinajstić information content (AvgIpc) is 2.69. The van der Waals surface area contributed by atoms with Gasteiger partial charge in [-0.3, -0.25) is 4.79 Å². The van der Waals surface area contributed by atoms with Gasteiger partial charge in [-0.2, -0.15) is 0 Å². The summed E-state index contributed by atoms with van der Waals surface area (Å²) in [4.78, 5) is 24.1. The summed E-state index contributed by atoms with van der Waals surface area (Å²) in [5.41, 5.74) is 0.447. The molecular formula is C21H17NO5. The molecule has 0 aliphatic heterocycles. The van der Waals surface area contributed by atoms with Crippen molar-refractivity contribution in [2.24, 2.45) is 0 Å². The topological polar surface area (TPSA) is 84.9 Å². The van der Waals surface area contributed by atoms with E-state index in [1.807, 2.05) is 18.2 Å². The molecule has 0 heterocycles. The number of esters is 1. The molecule has 6 heteroatoms. The van der Waals surface area contributed by atoms with Gasteiger partial charge in [0.2, 0.25) is 0 Å². The Morgan fingerprint density at radius 3 is 2.30 bits per heavy atom. The highest BCUT2D eigenvalue weighted by Gasteiger charge is 2.15. The van der Waals surface area contributed by atoms with Gasteiger partial charge in [0.25, 0.3) is 5.91 Å². The first-order chi connectivity index (χ1) is 13.1. The van der Waals surface area contributed by atoms with Crippen LogP contribution in [0.5, 0.6) is 17.2 Å². The van der Waals surface area contributed by atoms with E-state index in [2.05, 4.69) is 5.32 Å². The minimum absolute atomic E-state index is 0.00175. The number of carbonyl (C=O) groups is 2. The lowest BCUT2D eigenvalue weighted by Gasteiger charge is -2.12. The molecule has 0 atom stereocenters. The summed E-state index contributed by atoms with van der Waals surface area (Å²) < 4.78 is 10.7. The molecule has 3 aromatic carbocycles. The fourth-order valence-electron chi connectivity index (χ4n) is 2.32. The molecule has 0 aliphatic rings. The van der Waals surface area contributed by atoms with Crippen molar-refractivity contribution in [1.29, 1.82) is 0 Å². The summed E-state index contributed by atoms with van der Waals surface area (Å²) in [6, 6.07) is 22.1. The maximum absolute atomic E-state index is 12.1. The molecule has 0 radical (unpaired) electrons. The molecular weight excluding hydrogens is 346 g/mol. The van der Waals surface area contributed by atoms with E-state index in [0.29, 0.717) is 17.2 Å². The lowest BCUT2D eigenvalue weighted by atomic mass is 10.2. The number of ether oxygens (including phenoxy) is 2. The van der Waals surface area contributed by atoms with Crippen LogP contribution < -0.4 is 10.1 Å². The number of para-hydroxylation sites is 4. The van der Waals surface area contributed by atoms with Gasteiger partial charge in [-0.1, -0.05) is 42.5 Å². The highest BCUT2D eigenvalue weighted by molar-refractivity contribution is 5.97. The first kappa shape index (κ1) is 18.0. The van der Waals surface area contributed by atoms with E-state index >= 15 is 0 Å². The number of nitrogens with one attached hydrogen (secondary N) is 1. The minimum atomic E-state index is -0.780. The molecule has 0 spiro atoms. The monoisotopic (exact) mass is 363 g/mol.